The SMILES string of the molecule is O=C1COc2cc(C(=O)NCC3CCC(O)C3)ccc2N1. The number of carbonyl (C=O) groups is 2. The number of aliphatic hydroxyl groups is 1. The van der Waals surface area contributed by atoms with Crippen LogP contribution in [0, 0.1) is 5.92 Å². The van der Waals surface area contributed by atoms with Crippen molar-refractivity contribution in [2.45, 2.75) is 25.4 Å². The number of hydrogen-bond donors (Lipinski definition) is 3. The second-order valence-corrected chi connectivity index (χ2v) is 5.59. The third-order valence-corrected chi connectivity index (χ3v) is 3.94. The molecule has 2 atom stereocenters. The third-order valence-electron chi connectivity index (χ3n) is 3.94. The molecule has 1 aliphatic heterocycles. The second kappa shape index (κ2) is 5.73. The average molecular weight is 290 g/mol. The highest BCUT2D eigenvalue weighted by atomic mass is 16.5. The molecule has 0 saturated heterocycles. The molecule has 2 amide bonds. The van der Waals surface area contributed by atoms with Crippen LogP contribution in [0.25, 0.3) is 0 Å². The van der Waals surface area contributed by atoms with Crippen LogP contribution in [-0.4, -0.2) is 36.2 Å². The van der Waals surface area contributed by atoms with E-state index in [-0.39, 0.29) is 24.5 Å². The van der Waals surface area contributed by atoms with Crippen molar-refractivity contribution in [2.24, 2.45) is 5.92 Å². The molecule has 0 spiro atoms. The van der Waals surface area contributed by atoms with Gasteiger partial charge in [0.15, 0.2) is 6.61 Å². The van der Waals surface area contributed by atoms with Gasteiger partial charge in [-0.15, -0.1) is 0 Å². The Balaban J connectivity index is 1.61. The van der Waals surface area contributed by atoms with Crippen molar-refractivity contribution in [3.05, 3.63) is 23.8 Å². The standard InChI is InChI=1S/C15H18N2O4/c18-11-3-1-9(5-11)7-16-15(20)10-2-4-12-13(6-10)21-8-14(19)17-12/h2,4,6,9,11,18H,1,3,5,7-8H2,(H,16,20)(H,17,19). The molecule has 21 heavy (non-hydrogen) atoms. The van der Waals surface area contributed by atoms with E-state index < -0.39 is 0 Å². The number of amides is 2. The van der Waals surface area contributed by atoms with E-state index in [1.165, 1.54) is 0 Å². The Morgan fingerprint density at radius 1 is 1.43 bits per heavy atom. The van der Waals surface area contributed by atoms with E-state index >= 15 is 0 Å². The Labute approximate surface area is 122 Å². The Morgan fingerprint density at radius 3 is 3.05 bits per heavy atom. The first-order valence-corrected chi connectivity index (χ1v) is 7.15. The number of rotatable bonds is 3. The molecule has 1 aliphatic carbocycles. The summed E-state index contributed by atoms with van der Waals surface area (Å²) in [5.41, 5.74) is 1.09. The Bertz CT molecular complexity index is 573. The summed E-state index contributed by atoms with van der Waals surface area (Å²) in [6.45, 7) is 0.544. The van der Waals surface area contributed by atoms with Gasteiger partial charge in [0, 0.05) is 12.1 Å². The van der Waals surface area contributed by atoms with Crippen LogP contribution in [0.2, 0.25) is 0 Å². The topological polar surface area (TPSA) is 87.7 Å². The van der Waals surface area contributed by atoms with E-state index in [4.69, 9.17) is 4.74 Å². The first-order chi connectivity index (χ1) is 10.1. The Hall–Kier alpha value is -2.08. The van der Waals surface area contributed by atoms with E-state index in [1.54, 1.807) is 18.2 Å². The normalized spacial score (nSPS) is 24.0. The summed E-state index contributed by atoms with van der Waals surface area (Å²) in [6, 6.07) is 4.96. The van der Waals surface area contributed by atoms with Gasteiger partial charge in [-0.1, -0.05) is 0 Å². The van der Waals surface area contributed by atoms with Crippen LogP contribution in [0.1, 0.15) is 29.6 Å². The molecule has 1 aromatic carbocycles. The highest BCUT2D eigenvalue weighted by Crippen LogP contribution is 2.29. The fourth-order valence-electron chi connectivity index (χ4n) is 2.79. The molecule has 1 heterocycles. The van der Waals surface area contributed by atoms with Crippen molar-refractivity contribution in [1.82, 2.24) is 5.32 Å². The number of fused-ring (bicyclic) bond motifs is 1. The molecule has 0 bridgehead atoms. The number of ether oxygens (including phenoxy) is 1. The van der Waals surface area contributed by atoms with Gasteiger partial charge in [-0.2, -0.15) is 0 Å². The van der Waals surface area contributed by atoms with Crippen molar-refractivity contribution in [1.29, 1.82) is 0 Å². The maximum Gasteiger partial charge on any atom is 0.262 e. The minimum atomic E-state index is -0.229. The molecule has 0 aromatic heterocycles. The van der Waals surface area contributed by atoms with Gasteiger partial charge in [0.2, 0.25) is 0 Å². The van der Waals surface area contributed by atoms with Crippen LogP contribution in [0.15, 0.2) is 18.2 Å². The smallest absolute Gasteiger partial charge is 0.262 e. The molecule has 1 fully saturated rings. The molecular weight excluding hydrogens is 272 g/mol. The molecule has 6 nitrogen and oxygen atoms in total. The molecule has 3 rings (SSSR count). The summed E-state index contributed by atoms with van der Waals surface area (Å²) in [7, 11) is 0. The summed E-state index contributed by atoms with van der Waals surface area (Å²) < 4.78 is 5.29. The molecule has 3 N–H and O–H groups in total. The number of anilines is 1. The van der Waals surface area contributed by atoms with E-state index in [2.05, 4.69) is 10.6 Å². The summed E-state index contributed by atoms with van der Waals surface area (Å²) in [6.07, 6.45) is 2.28. The number of benzene rings is 1. The predicted molar refractivity (Wildman–Crippen MR) is 76.2 cm³/mol. The largest absolute Gasteiger partial charge is 0.482 e. The fraction of sp³-hybridized carbons (Fsp3) is 0.467. The average Bonchev–Trinajstić information content (AvgIpc) is 2.90. The first-order valence-electron chi connectivity index (χ1n) is 7.15. The zero-order valence-electron chi connectivity index (χ0n) is 11.6. The van der Waals surface area contributed by atoms with Crippen molar-refractivity contribution in [3.8, 4) is 5.75 Å². The van der Waals surface area contributed by atoms with Gasteiger partial charge < -0.3 is 20.5 Å². The number of hydrogen-bond acceptors (Lipinski definition) is 4. The quantitative estimate of drug-likeness (QED) is 0.772. The summed E-state index contributed by atoms with van der Waals surface area (Å²) in [5, 5.41) is 15.0. The lowest BCUT2D eigenvalue weighted by atomic mass is 10.1. The van der Waals surface area contributed by atoms with Gasteiger partial charge >= 0.3 is 0 Å². The lowest BCUT2D eigenvalue weighted by molar-refractivity contribution is -0.118. The molecule has 0 radical (unpaired) electrons. The minimum Gasteiger partial charge on any atom is -0.482 e. The maximum atomic E-state index is 12.1. The number of aliphatic hydroxyl groups excluding tert-OH is 1. The lowest BCUT2D eigenvalue weighted by Gasteiger charge is -2.18. The Kier molecular flexibility index (Phi) is 3.79. The molecule has 112 valence electrons. The van der Waals surface area contributed by atoms with Crippen LogP contribution in [0.3, 0.4) is 0 Å². The molecular formula is C15H18N2O4. The second-order valence-electron chi connectivity index (χ2n) is 5.59. The monoisotopic (exact) mass is 290 g/mol. The van der Waals surface area contributed by atoms with Crippen molar-refractivity contribution < 1.29 is 19.4 Å². The fourth-order valence-corrected chi connectivity index (χ4v) is 2.79. The zero-order chi connectivity index (χ0) is 14.8. The van der Waals surface area contributed by atoms with Crippen molar-refractivity contribution in [2.75, 3.05) is 18.5 Å². The van der Waals surface area contributed by atoms with Gasteiger partial charge in [0.1, 0.15) is 5.75 Å². The van der Waals surface area contributed by atoms with Crippen LogP contribution in [0.5, 0.6) is 5.75 Å². The Morgan fingerprint density at radius 2 is 2.29 bits per heavy atom. The lowest BCUT2D eigenvalue weighted by Crippen LogP contribution is -2.29. The number of nitrogens with one attached hydrogen (secondary N) is 2. The highest BCUT2D eigenvalue weighted by Gasteiger charge is 2.23. The van der Waals surface area contributed by atoms with Crippen LogP contribution < -0.4 is 15.4 Å². The highest BCUT2D eigenvalue weighted by molar-refractivity contribution is 5.98. The van der Waals surface area contributed by atoms with Gasteiger partial charge in [-0.3, -0.25) is 9.59 Å². The van der Waals surface area contributed by atoms with E-state index in [0.29, 0.717) is 29.5 Å². The molecule has 6 heteroatoms. The van der Waals surface area contributed by atoms with Crippen molar-refractivity contribution >= 4 is 17.5 Å². The van der Waals surface area contributed by atoms with Gasteiger partial charge in [-0.25, -0.2) is 0 Å². The molecule has 2 aliphatic rings. The summed E-state index contributed by atoms with van der Waals surface area (Å²) >= 11 is 0. The van der Waals surface area contributed by atoms with Crippen molar-refractivity contribution in [3.63, 3.8) is 0 Å². The molecule has 2 unspecified atom stereocenters. The van der Waals surface area contributed by atoms with Crippen LogP contribution in [-0.2, 0) is 4.79 Å². The summed E-state index contributed by atoms with van der Waals surface area (Å²) in [4.78, 5) is 23.3. The van der Waals surface area contributed by atoms with Gasteiger partial charge in [-0.05, 0) is 43.4 Å². The van der Waals surface area contributed by atoms with Gasteiger partial charge in [0.05, 0.1) is 11.8 Å². The van der Waals surface area contributed by atoms with E-state index in [9.17, 15) is 14.7 Å². The van der Waals surface area contributed by atoms with E-state index in [1.807, 2.05) is 0 Å². The predicted octanol–water partition coefficient (Wildman–Crippen LogP) is 0.908. The van der Waals surface area contributed by atoms with Gasteiger partial charge in [0.25, 0.3) is 11.8 Å². The first kappa shape index (κ1) is 13.9. The number of carbonyl (C=O) groups excluding carboxylic acids is 2. The zero-order valence-corrected chi connectivity index (χ0v) is 11.6. The van der Waals surface area contributed by atoms with E-state index in [0.717, 1.165) is 19.3 Å². The third kappa shape index (κ3) is 3.16. The summed E-state index contributed by atoms with van der Waals surface area (Å²) in [5.74, 6) is 0.495. The molecule has 1 saturated carbocycles. The molecule has 1 aromatic rings. The van der Waals surface area contributed by atoms with Crippen LogP contribution in [0.4, 0.5) is 5.69 Å². The minimum absolute atomic E-state index is 0.0297. The van der Waals surface area contributed by atoms with Crippen LogP contribution >= 0.6 is 0 Å². The maximum absolute atomic E-state index is 12.1.